The third kappa shape index (κ3) is 3.48. The summed E-state index contributed by atoms with van der Waals surface area (Å²) in [5.74, 6) is 0.926. The number of ether oxygens (including phenoxy) is 1. The molecule has 0 aliphatic carbocycles. The molecule has 1 aromatic rings. The maximum atomic E-state index is 5.16. The van der Waals surface area contributed by atoms with E-state index in [0.717, 1.165) is 25.3 Å². The normalized spacial score (nSPS) is 16.0. The zero-order valence-electron chi connectivity index (χ0n) is 10.5. The van der Waals surface area contributed by atoms with Gasteiger partial charge in [-0.25, -0.2) is 0 Å². The molecule has 0 fully saturated rings. The van der Waals surface area contributed by atoms with E-state index < -0.39 is 0 Å². The Morgan fingerprint density at radius 3 is 2.41 bits per heavy atom. The molecule has 3 heteroatoms. The Labute approximate surface area is 110 Å². The predicted octanol–water partition coefficient (Wildman–Crippen LogP) is 3.23. The van der Waals surface area contributed by atoms with Crippen LogP contribution >= 0.6 is 12.4 Å². The van der Waals surface area contributed by atoms with Crippen molar-refractivity contribution in [2.45, 2.75) is 13.3 Å². The summed E-state index contributed by atoms with van der Waals surface area (Å²) >= 11 is 0. The van der Waals surface area contributed by atoms with Crippen molar-refractivity contribution in [1.29, 1.82) is 0 Å². The van der Waals surface area contributed by atoms with Gasteiger partial charge in [0.2, 0.25) is 0 Å². The molecule has 1 aromatic carbocycles. The van der Waals surface area contributed by atoms with Gasteiger partial charge >= 0.3 is 0 Å². The van der Waals surface area contributed by atoms with Gasteiger partial charge in [0.1, 0.15) is 5.75 Å². The molecule has 94 valence electrons. The van der Waals surface area contributed by atoms with Crippen molar-refractivity contribution < 1.29 is 4.74 Å². The van der Waals surface area contributed by atoms with Crippen LogP contribution in [-0.4, -0.2) is 31.6 Å². The molecule has 0 spiro atoms. The maximum Gasteiger partial charge on any atom is 0.118 e. The molecule has 0 bridgehead atoms. The van der Waals surface area contributed by atoms with Crippen LogP contribution in [0.2, 0.25) is 0 Å². The van der Waals surface area contributed by atoms with E-state index >= 15 is 0 Å². The lowest BCUT2D eigenvalue weighted by Crippen LogP contribution is -2.27. The SMILES string of the molecule is CCN1CC=C(c2ccc(OC)cc2)CC1.Cl. The first-order valence-electron chi connectivity index (χ1n) is 5.89. The molecule has 1 heterocycles. The Balaban J connectivity index is 0.00000144. The zero-order chi connectivity index (χ0) is 11.4. The molecule has 2 nitrogen and oxygen atoms in total. The Morgan fingerprint density at radius 1 is 1.24 bits per heavy atom. The minimum absolute atomic E-state index is 0. The molecule has 1 aliphatic rings. The van der Waals surface area contributed by atoms with Gasteiger partial charge in [-0.05, 0) is 36.2 Å². The third-order valence-corrected chi connectivity index (χ3v) is 3.20. The first kappa shape index (κ1) is 14.1. The fourth-order valence-corrected chi connectivity index (χ4v) is 2.07. The van der Waals surface area contributed by atoms with E-state index in [9.17, 15) is 0 Å². The van der Waals surface area contributed by atoms with Crippen LogP contribution in [0.1, 0.15) is 18.9 Å². The van der Waals surface area contributed by atoms with Gasteiger partial charge in [-0.2, -0.15) is 0 Å². The summed E-state index contributed by atoms with van der Waals surface area (Å²) < 4.78 is 5.16. The summed E-state index contributed by atoms with van der Waals surface area (Å²) in [7, 11) is 1.70. The van der Waals surface area contributed by atoms with Crippen LogP contribution in [0.4, 0.5) is 0 Å². The van der Waals surface area contributed by atoms with Gasteiger partial charge < -0.3 is 4.74 Å². The van der Waals surface area contributed by atoms with E-state index in [0.29, 0.717) is 0 Å². The lowest BCUT2D eigenvalue weighted by Gasteiger charge is -2.24. The van der Waals surface area contributed by atoms with Gasteiger partial charge in [0, 0.05) is 13.1 Å². The molecule has 0 aromatic heterocycles. The monoisotopic (exact) mass is 253 g/mol. The second kappa shape index (κ2) is 6.67. The summed E-state index contributed by atoms with van der Waals surface area (Å²) in [6, 6.07) is 8.35. The van der Waals surface area contributed by atoms with E-state index in [4.69, 9.17) is 4.74 Å². The first-order valence-corrected chi connectivity index (χ1v) is 5.89. The lowest BCUT2D eigenvalue weighted by molar-refractivity contribution is 0.319. The van der Waals surface area contributed by atoms with Crippen LogP contribution in [0.25, 0.3) is 5.57 Å². The Kier molecular flexibility index (Phi) is 5.52. The van der Waals surface area contributed by atoms with Crippen LogP contribution in [0.5, 0.6) is 5.75 Å². The molecule has 1 aliphatic heterocycles. The molecule has 0 amide bonds. The van der Waals surface area contributed by atoms with Crippen LogP contribution in [0, 0.1) is 0 Å². The molecule has 0 atom stereocenters. The topological polar surface area (TPSA) is 12.5 Å². The van der Waals surface area contributed by atoms with Crippen molar-refractivity contribution >= 4 is 18.0 Å². The molecule has 0 saturated heterocycles. The van der Waals surface area contributed by atoms with Gasteiger partial charge in [-0.3, -0.25) is 4.90 Å². The van der Waals surface area contributed by atoms with E-state index in [-0.39, 0.29) is 12.4 Å². The van der Waals surface area contributed by atoms with Gasteiger partial charge in [-0.15, -0.1) is 12.4 Å². The molecule has 2 rings (SSSR count). The average molecular weight is 254 g/mol. The molecule has 0 N–H and O–H groups in total. The zero-order valence-corrected chi connectivity index (χ0v) is 11.3. The average Bonchev–Trinajstić information content (AvgIpc) is 2.39. The second-order valence-electron chi connectivity index (χ2n) is 4.10. The second-order valence-corrected chi connectivity index (χ2v) is 4.10. The third-order valence-electron chi connectivity index (χ3n) is 3.20. The highest BCUT2D eigenvalue weighted by atomic mass is 35.5. The van der Waals surface area contributed by atoms with Crippen molar-refractivity contribution in [3.05, 3.63) is 35.9 Å². The summed E-state index contributed by atoms with van der Waals surface area (Å²) in [5.41, 5.74) is 2.80. The first-order chi connectivity index (χ1) is 7.83. The van der Waals surface area contributed by atoms with Crippen LogP contribution in [0.3, 0.4) is 0 Å². The number of hydrogen-bond acceptors (Lipinski definition) is 2. The smallest absolute Gasteiger partial charge is 0.118 e. The standard InChI is InChI=1S/C14H19NO.ClH/c1-3-15-10-8-13(9-11-15)12-4-6-14(16-2)7-5-12;/h4-8H,3,9-11H2,1-2H3;1H. The Morgan fingerprint density at radius 2 is 1.94 bits per heavy atom. The highest BCUT2D eigenvalue weighted by molar-refractivity contribution is 5.85. The van der Waals surface area contributed by atoms with Crippen molar-refractivity contribution in [3.8, 4) is 5.75 Å². The predicted molar refractivity (Wildman–Crippen MR) is 75.0 cm³/mol. The molecule has 17 heavy (non-hydrogen) atoms. The van der Waals surface area contributed by atoms with E-state index in [2.05, 4.69) is 30.0 Å². The van der Waals surface area contributed by atoms with Crippen LogP contribution in [0.15, 0.2) is 30.3 Å². The number of nitrogens with zero attached hydrogens (tertiary/aromatic N) is 1. The quantitative estimate of drug-likeness (QED) is 0.820. The Bertz CT molecular complexity index is 372. The van der Waals surface area contributed by atoms with Crippen molar-refractivity contribution in [1.82, 2.24) is 4.90 Å². The summed E-state index contributed by atoms with van der Waals surface area (Å²) in [6.07, 6.45) is 3.50. The molecule has 0 radical (unpaired) electrons. The number of rotatable bonds is 3. The van der Waals surface area contributed by atoms with E-state index in [1.54, 1.807) is 7.11 Å². The molecule has 0 unspecified atom stereocenters. The largest absolute Gasteiger partial charge is 0.497 e. The maximum absolute atomic E-state index is 5.16. The number of benzene rings is 1. The van der Waals surface area contributed by atoms with Crippen molar-refractivity contribution in [3.63, 3.8) is 0 Å². The highest BCUT2D eigenvalue weighted by Crippen LogP contribution is 2.23. The minimum Gasteiger partial charge on any atom is -0.497 e. The Hall–Kier alpha value is -0.990. The fraction of sp³-hybridized carbons (Fsp3) is 0.429. The fourth-order valence-electron chi connectivity index (χ4n) is 2.07. The van der Waals surface area contributed by atoms with Crippen molar-refractivity contribution in [2.75, 3.05) is 26.7 Å². The molecular formula is C14H20ClNO. The molecule has 0 saturated carbocycles. The summed E-state index contributed by atoms with van der Waals surface area (Å²) in [5, 5.41) is 0. The minimum atomic E-state index is 0. The summed E-state index contributed by atoms with van der Waals surface area (Å²) in [4.78, 5) is 2.45. The lowest BCUT2D eigenvalue weighted by atomic mass is 9.99. The van der Waals surface area contributed by atoms with Gasteiger partial charge in [0.15, 0.2) is 0 Å². The van der Waals surface area contributed by atoms with Gasteiger partial charge in [-0.1, -0.05) is 25.1 Å². The van der Waals surface area contributed by atoms with E-state index in [1.165, 1.54) is 17.7 Å². The van der Waals surface area contributed by atoms with Crippen molar-refractivity contribution in [2.24, 2.45) is 0 Å². The number of hydrogen-bond donors (Lipinski definition) is 0. The number of likely N-dealkylation sites (N-methyl/N-ethyl adjacent to an activating group) is 1. The highest BCUT2D eigenvalue weighted by Gasteiger charge is 2.10. The van der Waals surface area contributed by atoms with Crippen LogP contribution in [-0.2, 0) is 0 Å². The van der Waals surface area contributed by atoms with Gasteiger partial charge in [0.25, 0.3) is 0 Å². The van der Waals surface area contributed by atoms with Crippen LogP contribution < -0.4 is 4.74 Å². The van der Waals surface area contributed by atoms with Gasteiger partial charge in [0.05, 0.1) is 7.11 Å². The number of halogens is 1. The summed E-state index contributed by atoms with van der Waals surface area (Å²) in [6.45, 7) is 5.62. The van der Waals surface area contributed by atoms with E-state index in [1.807, 2.05) is 12.1 Å². The number of methoxy groups -OCH3 is 1. The molecular weight excluding hydrogens is 234 g/mol.